The molecule has 5 N–H and O–H groups in total. The Labute approximate surface area is 249 Å². The average Bonchev–Trinajstić information content (AvgIpc) is 2.94. The SMILES string of the molecule is CC(C(=O)O)N(C(N)=O)c1cccc(CCCCOCCCCCCNC[C@H](O)c2ccc3c(c2)COC(C)(C)O3)c1. The number of anilines is 1. The fourth-order valence-corrected chi connectivity index (χ4v) is 4.88. The van der Waals surface area contributed by atoms with Crippen molar-refractivity contribution in [3.8, 4) is 5.75 Å². The number of carboxylic acids is 1. The topological polar surface area (TPSA) is 144 Å². The van der Waals surface area contributed by atoms with Crippen LogP contribution in [0.4, 0.5) is 10.5 Å². The second kappa shape index (κ2) is 16.5. The van der Waals surface area contributed by atoms with E-state index in [0.29, 0.717) is 25.4 Å². The predicted molar refractivity (Wildman–Crippen MR) is 162 cm³/mol. The number of nitrogens with two attached hydrogens (primary N) is 1. The van der Waals surface area contributed by atoms with E-state index in [1.807, 2.05) is 50.2 Å². The fraction of sp³-hybridized carbons (Fsp3) is 0.562. The molecule has 0 radical (unpaired) electrons. The molecule has 1 heterocycles. The molecule has 0 saturated heterocycles. The van der Waals surface area contributed by atoms with Crippen LogP contribution in [0.15, 0.2) is 42.5 Å². The summed E-state index contributed by atoms with van der Waals surface area (Å²) < 4.78 is 17.3. The number of carboxylic acid groups (broad SMARTS) is 1. The summed E-state index contributed by atoms with van der Waals surface area (Å²) in [5.74, 6) is -0.923. The Hall–Kier alpha value is -3.18. The van der Waals surface area contributed by atoms with Crippen molar-refractivity contribution in [2.45, 2.75) is 90.3 Å². The van der Waals surface area contributed by atoms with Crippen LogP contribution >= 0.6 is 0 Å². The number of aliphatic carboxylic acids is 1. The molecular formula is C32H47N3O7. The number of aryl methyl sites for hydroxylation is 1. The van der Waals surface area contributed by atoms with Crippen molar-refractivity contribution in [3.05, 3.63) is 59.2 Å². The summed E-state index contributed by atoms with van der Waals surface area (Å²) in [5.41, 5.74) is 8.75. The van der Waals surface area contributed by atoms with Crippen LogP contribution < -0.4 is 20.7 Å². The Balaban J connectivity index is 1.19. The van der Waals surface area contributed by atoms with Gasteiger partial charge in [-0.1, -0.05) is 31.0 Å². The van der Waals surface area contributed by atoms with Gasteiger partial charge in [-0.25, -0.2) is 9.59 Å². The first-order chi connectivity index (χ1) is 20.1. The second-order valence-electron chi connectivity index (χ2n) is 11.3. The van der Waals surface area contributed by atoms with Crippen LogP contribution in [0.3, 0.4) is 0 Å². The van der Waals surface area contributed by atoms with Crippen molar-refractivity contribution in [3.63, 3.8) is 0 Å². The lowest BCUT2D eigenvalue weighted by molar-refractivity contribution is -0.180. The van der Waals surface area contributed by atoms with Gasteiger partial charge in [0.2, 0.25) is 5.79 Å². The van der Waals surface area contributed by atoms with E-state index in [0.717, 1.165) is 85.4 Å². The number of urea groups is 1. The first-order valence-electron chi connectivity index (χ1n) is 14.9. The van der Waals surface area contributed by atoms with Gasteiger partial charge in [0.25, 0.3) is 0 Å². The third-order valence-electron chi connectivity index (χ3n) is 7.31. The number of hydrogen-bond acceptors (Lipinski definition) is 7. The highest BCUT2D eigenvalue weighted by molar-refractivity contribution is 5.97. The van der Waals surface area contributed by atoms with E-state index in [-0.39, 0.29) is 0 Å². The van der Waals surface area contributed by atoms with E-state index in [2.05, 4.69) is 5.32 Å². The maximum Gasteiger partial charge on any atom is 0.326 e. The highest BCUT2D eigenvalue weighted by atomic mass is 16.7. The minimum absolute atomic E-state index is 0.476. The lowest BCUT2D eigenvalue weighted by Crippen LogP contribution is -2.46. The molecule has 2 aromatic rings. The van der Waals surface area contributed by atoms with Gasteiger partial charge in [-0.2, -0.15) is 0 Å². The van der Waals surface area contributed by atoms with Crippen LogP contribution in [-0.2, 0) is 27.3 Å². The van der Waals surface area contributed by atoms with Gasteiger partial charge in [0, 0.05) is 44.9 Å². The normalized spacial score (nSPS) is 15.3. The molecule has 0 fully saturated rings. The number of benzene rings is 2. The van der Waals surface area contributed by atoms with Crippen molar-refractivity contribution in [2.24, 2.45) is 5.73 Å². The second-order valence-corrected chi connectivity index (χ2v) is 11.3. The molecule has 2 atom stereocenters. The van der Waals surface area contributed by atoms with Crippen molar-refractivity contribution in [1.29, 1.82) is 0 Å². The number of unbranched alkanes of at least 4 members (excludes halogenated alkanes) is 4. The molecule has 0 aliphatic carbocycles. The first kappa shape index (κ1) is 33.3. The molecule has 1 aliphatic heterocycles. The summed E-state index contributed by atoms with van der Waals surface area (Å²) in [4.78, 5) is 24.2. The summed E-state index contributed by atoms with van der Waals surface area (Å²) in [7, 11) is 0. The summed E-state index contributed by atoms with van der Waals surface area (Å²) in [6.07, 6.45) is 6.35. The first-order valence-corrected chi connectivity index (χ1v) is 14.9. The minimum Gasteiger partial charge on any atom is -0.480 e. The Morgan fingerprint density at radius 1 is 1.07 bits per heavy atom. The van der Waals surface area contributed by atoms with Crippen LogP contribution in [0.2, 0.25) is 0 Å². The van der Waals surface area contributed by atoms with Crippen molar-refractivity contribution in [1.82, 2.24) is 5.32 Å². The molecule has 0 bridgehead atoms. The van der Waals surface area contributed by atoms with E-state index in [4.69, 9.17) is 19.9 Å². The van der Waals surface area contributed by atoms with Gasteiger partial charge in [-0.3, -0.25) is 4.90 Å². The number of fused-ring (bicyclic) bond motifs is 1. The van der Waals surface area contributed by atoms with Gasteiger partial charge < -0.3 is 35.5 Å². The zero-order valence-electron chi connectivity index (χ0n) is 25.1. The quantitative estimate of drug-likeness (QED) is 0.181. The molecule has 0 saturated carbocycles. The Bertz CT molecular complexity index is 1160. The Kier molecular flexibility index (Phi) is 13.1. The van der Waals surface area contributed by atoms with E-state index in [9.17, 15) is 19.8 Å². The van der Waals surface area contributed by atoms with Gasteiger partial charge in [-0.15, -0.1) is 0 Å². The van der Waals surface area contributed by atoms with E-state index >= 15 is 0 Å². The number of carbonyl (C=O) groups is 2. The zero-order chi connectivity index (χ0) is 30.5. The number of rotatable bonds is 18. The molecule has 0 spiro atoms. The molecule has 2 aromatic carbocycles. The van der Waals surface area contributed by atoms with Crippen LogP contribution in [0.25, 0.3) is 0 Å². The number of hydrogen-bond donors (Lipinski definition) is 4. The lowest BCUT2D eigenvalue weighted by Gasteiger charge is -2.33. The molecule has 2 amide bonds. The Morgan fingerprint density at radius 3 is 2.55 bits per heavy atom. The molecule has 3 rings (SSSR count). The maximum absolute atomic E-state index is 11.8. The molecule has 1 unspecified atom stereocenters. The largest absolute Gasteiger partial charge is 0.480 e. The summed E-state index contributed by atoms with van der Waals surface area (Å²) >= 11 is 0. The van der Waals surface area contributed by atoms with Gasteiger partial charge in [0.05, 0.1) is 12.7 Å². The van der Waals surface area contributed by atoms with Crippen LogP contribution in [0.5, 0.6) is 5.75 Å². The fourth-order valence-electron chi connectivity index (χ4n) is 4.88. The van der Waals surface area contributed by atoms with Gasteiger partial charge in [0.15, 0.2) is 0 Å². The molecule has 0 aromatic heterocycles. The number of ether oxygens (including phenoxy) is 3. The molecule has 10 nitrogen and oxygen atoms in total. The molecule has 232 valence electrons. The van der Waals surface area contributed by atoms with Crippen LogP contribution in [0.1, 0.15) is 82.1 Å². The standard InChI is InChI=1S/C32H47N3O7/c1-23(30(37)38)35(31(33)39)27-13-10-12-24(19-27)11-6-9-18-40-17-8-5-4-7-16-34-21-28(36)25-14-15-29-26(20-25)22-41-32(2,3)42-29/h10,12-15,19-20,23,28,34,36H,4-9,11,16-18,21-22H2,1-3H3,(H2,33,39)(H,37,38)/t23?,28-/m0/s1. The summed E-state index contributed by atoms with van der Waals surface area (Å²) in [6.45, 7) is 8.49. The number of nitrogens with one attached hydrogen (secondary N) is 1. The van der Waals surface area contributed by atoms with Crippen molar-refractivity contribution >= 4 is 17.7 Å². The summed E-state index contributed by atoms with van der Waals surface area (Å²) in [5, 5.41) is 23.2. The molecule has 10 heteroatoms. The van der Waals surface area contributed by atoms with Gasteiger partial charge in [-0.05, 0) is 81.0 Å². The lowest BCUT2D eigenvalue weighted by atomic mass is 10.0. The smallest absolute Gasteiger partial charge is 0.326 e. The van der Waals surface area contributed by atoms with E-state index in [1.165, 1.54) is 6.92 Å². The number of carbonyl (C=O) groups excluding carboxylic acids is 1. The zero-order valence-corrected chi connectivity index (χ0v) is 25.1. The molecule has 1 aliphatic rings. The number of nitrogens with zero attached hydrogens (tertiary/aromatic N) is 1. The maximum atomic E-state index is 11.8. The third-order valence-corrected chi connectivity index (χ3v) is 7.31. The van der Waals surface area contributed by atoms with E-state index in [1.54, 1.807) is 6.07 Å². The highest BCUT2D eigenvalue weighted by Gasteiger charge is 2.28. The minimum atomic E-state index is -1.11. The monoisotopic (exact) mass is 585 g/mol. The number of aliphatic hydroxyl groups is 1. The van der Waals surface area contributed by atoms with Crippen LogP contribution in [0, 0.1) is 0 Å². The van der Waals surface area contributed by atoms with Gasteiger partial charge >= 0.3 is 12.0 Å². The van der Waals surface area contributed by atoms with Crippen molar-refractivity contribution < 1.29 is 34.0 Å². The van der Waals surface area contributed by atoms with Gasteiger partial charge in [0.1, 0.15) is 11.8 Å². The Morgan fingerprint density at radius 2 is 1.81 bits per heavy atom. The molecular weight excluding hydrogens is 538 g/mol. The average molecular weight is 586 g/mol. The predicted octanol–water partition coefficient (Wildman–Crippen LogP) is 4.91. The van der Waals surface area contributed by atoms with Crippen LogP contribution in [-0.4, -0.2) is 60.3 Å². The number of primary amides is 1. The molecule has 42 heavy (non-hydrogen) atoms. The van der Waals surface area contributed by atoms with E-state index < -0.39 is 29.9 Å². The third kappa shape index (κ3) is 10.6. The van der Waals surface area contributed by atoms with Crippen molar-refractivity contribution in [2.75, 3.05) is 31.2 Å². The summed E-state index contributed by atoms with van der Waals surface area (Å²) in [6, 6.07) is 11.2. The number of aliphatic hydroxyl groups excluding tert-OH is 1. The highest BCUT2D eigenvalue weighted by Crippen LogP contribution is 2.32. The number of amides is 2.